The van der Waals surface area contributed by atoms with Crippen LogP contribution in [0.15, 0.2) is 47.8 Å². The Labute approximate surface area is 125 Å². The van der Waals surface area contributed by atoms with Gasteiger partial charge >= 0.3 is 0 Å². The van der Waals surface area contributed by atoms with Crippen LogP contribution in [0.4, 0.5) is 4.39 Å². The van der Waals surface area contributed by atoms with E-state index in [1.165, 1.54) is 16.2 Å². The van der Waals surface area contributed by atoms with Crippen LogP contribution < -0.4 is 5.73 Å². The van der Waals surface area contributed by atoms with Gasteiger partial charge in [-0.05, 0) is 40.9 Å². The summed E-state index contributed by atoms with van der Waals surface area (Å²) < 4.78 is 15.1. The Hall–Kier alpha value is -1.42. The van der Waals surface area contributed by atoms with Crippen molar-refractivity contribution in [2.75, 3.05) is 0 Å². The lowest BCUT2D eigenvalue weighted by molar-refractivity contribution is 0.581. The number of hydrogen-bond donors (Lipinski definition) is 1. The van der Waals surface area contributed by atoms with Crippen molar-refractivity contribution < 1.29 is 4.39 Å². The molecular formula is C16H13ClFNS. The molecule has 1 nitrogen and oxygen atoms in total. The van der Waals surface area contributed by atoms with Crippen LogP contribution in [0.2, 0.25) is 5.02 Å². The van der Waals surface area contributed by atoms with Crippen molar-refractivity contribution in [3.8, 4) is 0 Å². The maximum atomic E-state index is 13.9. The Balaban J connectivity index is 1.95. The van der Waals surface area contributed by atoms with Crippen LogP contribution in [-0.4, -0.2) is 0 Å². The van der Waals surface area contributed by atoms with Gasteiger partial charge in [-0.3, -0.25) is 0 Å². The second-order valence-corrected chi connectivity index (χ2v) is 6.02. The molecule has 2 aromatic carbocycles. The van der Waals surface area contributed by atoms with E-state index in [-0.39, 0.29) is 5.82 Å². The summed E-state index contributed by atoms with van der Waals surface area (Å²) in [5.74, 6) is -0.343. The van der Waals surface area contributed by atoms with Crippen LogP contribution >= 0.6 is 22.9 Å². The molecule has 0 aliphatic rings. The number of halogens is 2. The minimum atomic E-state index is -0.443. The summed E-state index contributed by atoms with van der Waals surface area (Å²) in [5, 5.41) is 3.65. The summed E-state index contributed by atoms with van der Waals surface area (Å²) in [6.07, 6.45) is 0.574. The molecule has 0 amide bonds. The highest BCUT2D eigenvalue weighted by Gasteiger charge is 2.17. The minimum absolute atomic E-state index is 0.343. The maximum absolute atomic E-state index is 13.9. The van der Waals surface area contributed by atoms with E-state index >= 15 is 0 Å². The van der Waals surface area contributed by atoms with E-state index in [0.29, 0.717) is 17.0 Å². The number of hydrogen-bond acceptors (Lipinski definition) is 2. The summed E-state index contributed by atoms with van der Waals surface area (Å²) in [6.45, 7) is 0. The van der Waals surface area contributed by atoms with Gasteiger partial charge in [0.2, 0.25) is 0 Å². The van der Waals surface area contributed by atoms with E-state index < -0.39 is 6.04 Å². The van der Waals surface area contributed by atoms with Gasteiger partial charge in [-0.2, -0.15) is 0 Å². The predicted octanol–water partition coefficient (Wildman–Crippen LogP) is 4.94. The van der Waals surface area contributed by atoms with Gasteiger partial charge in [-0.15, -0.1) is 11.3 Å². The van der Waals surface area contributed by atoms with Gasteiger partial charge in [0, 0.05) is 21.3 Å². The van der Waals surface area contributed by atoms with Crippen molar-refractivity contribution in [2.45, 2.75) is 12.5 Å². The number of fused-ring (bicyclic) bond motifs is 1. The number of benzene rings is 2. The van der Waals surface area contributed by atoms with E-state index in [2.05, 4.69) is 17.5 Å². The molecule has 20 heavy (non-hydrogen) atoms. The molecule has 4 heteroatoms. The monoisotopic (exact) mass is 305 g/mol. The third kappa shape index (κ3) is 2.44. The molecule has 3 rings (SSSR count). The molecule has 0 aliphatic carbocycles. The minimum Gasteiger partial charge on any atom is -0.324 e. The molecule has 0 fully saturated rings. The second-order valence-electron chi connectivity index (χ2n) is 4.70. The second kappa shape index (κ2) is 5.52. The normalized spacial score (nSPS) is 12.8. The van der Waals surface area contributed by atoms with Crippen molar-refractivity contribution in [3.63, 3.8) is 0 Å². The van der Waals surface area contributed by atoms with Gasteiger partial charge in [0.05, 0.1) is 0 Å². The fourth-order valence-electron chi connectivity index (χ4n) is 2.39. The van der Waals surface area contributed by atoms with Crippen molar-refractivity contribution in [1.29, 1.82) is 0 Å². The maximum Gasteiger partial charge on any atom is 0.129 e. The van der Waals surface area contributed by atoms with Crippen LogP contribution in [0.1, 0.15) is 17.2 Å². The van der Waals surface area contributed by atoms with Crippen LogP contribution in [0.3, 0.4) is 0 Å². The molecule has 0 bridgehead atoms. The molecule has 1 aromatic heterocycles. The Bertz CT molecular complexity index is 733. The zero-order valence-electron chi connectivity index (χ0n) is 10.6. The summed E-state index contributed by atoms with van der Waals surface area (Å²) >= 11 is 7.74. The van der Waals surface area contributed by atoms with E-state index in [9.17, 15) is 4.39 Å². The first-order chi connectivity index (χ1) is 9.66. The molecule has 102 valence electrons. The van der Waals surface area contributed by atoms with E-state index in [1.54, 1.807) is 23.5 Å². The average Bonchev–Trinajstić information content (AvgIpc) is 2.82. The highest BCUT2D eigenvalue weighted by atomic mass is 35.5. The molecule has 1 unspecified atom stereocenters. The predicted molar refractivity (Wildman–Crippen MR) is 83.9 cm³/mol. The molecule has 0 radical (unpaired) electrons. The van der Waals surface area contributed by atoms with E-state index in [1.807, 2.05) is 12.1 Å². The highest BCUT2D eigenvalue weighted by molar-refractivity contribution is 7.17. The van der Waals surface area contributed by atoms with Gasteiger partial charge in [-0.25, -0.2) is 4.39 Å². The summed E-state index contributed by atoms with van der Waals surface area (Å²) in [6, 6.07) is 12.4. The lowest BCUT2D eigenvalue weighted by atomic mass is 9.99. The Morgan fingerprint density at radius 1 is 1.15 bits per heavy atom. The van der Waals surface area contributed by atoms with Crippen molar-refractivity contribution in [3.05, 3.63) is 69.8 Å². The molecular weight excluding hydrogens is 293 g/mol. The molecule has 0 spiro atoms. The zero-order valence-corrected chi connectivity index (χ0v) is 12.2. The Morgan fingerprint density at radius 3 is 2.75 bits per heavy atom. The first-order valence-corrected chi connectivity index (χ1v) is 7.57. The van der Waals surface area contributed by atoms with Crippen molar-refractivity contribution in [2.24, 2.45) is 5.73 Å². The van der Waals surface area contributed by atoms with Gasteiger partial charge in [0.25, 0.3) is 0 Å². The lowest BCUT2D eigenvalue weighted by Gasteiger charge is -2.14. The molecule has 1 atom stereocenters. The highest BCUT2D eigenvalue weighted by Crippen LogP contribution is 2.31. The van der Waals surface area contributed by atoms with Crippen LogP contribution in [0.25, 0.3) is 10.1 Å². The SMILES string of the molecule is NC(Cc1csc2ccccc12)c1c(F)cccc1Cl. The molecule has 1 heterocycles. The van der Waals surface area contributed by atoms with Crippen molar-refractivity contribution in [1.82, 2.24) is 0 Å². The van der Waals surface area contributed by atoms with Crippen LogP contribution in [0.5, 0.6) is 0 Å². The van der Waals surface area contributed by atoms with Gasteiger partial charge < -0.3 is 5.73 Å². The zero-order chi connectivity index (χ0) is 14.1. The van der Waals surface area contributed by atoms with Crippen molar-refractivity contribution >= 4 is 33.0 Å². The Morgan fingerprint density at radius 2 is 1.95 bits per heavy atom. The molecule has 3 aromatic rings. The lowest BCUT2D eigenvalue weighted by Crippen LogP contribution is -2.15. The Kier molecular flexibility index (Phi) is 3.74. The fraction of sp³-hybridized carbons (Fsp3) is 0.125. The van der Waals surface area contributed by atoms with Crippen LogP contribution in [-0.2, 0) is 6.42 Å². The topological polar surface area (TPSA) is 26.0 Å². The van der Waals surface area contributed by atoms with E-state index in [0.717, 1.165) is 5.56 Å². The largest absolute Gasteiger partial charge is 0.324 e. The third-order valence-corrected chi connectivity index (χ3v) is 4.71. The van der Waals surface area contributed by atoms with Gasteiger partial charge in [0.1, 0.15) is 5.82 Å². The van der Waals surface area contributed by atoms with Crippen LogP contribution in [0, 0.1) is 5.82 Å². The molecule has 2 N–H and O–H groups in total. The summed E-state index contributed by atoms with van der Waals surface area (Å²) in [4.78, 5) is 0. The number of rotatable bonds is 3. The average molecular weight is 306 g/mol. The first kappa shape index (κ1) is 13.6. The molecule has 0 saturated heterocycles. The quantitative estimate of drug-likeness (QED) is 0.729. The smallest absolute Gasteiger partial charge is 0.129 e. The van der Waals surface area contributed by atoms with Gasteiger partial charge in [-0.1, -0.05) is 35.9 Å². The first-order valence-electron chi connectivity index (χ1n) is 6.31. The number of nitrogens with two attached hydrogens (primary N) is 1. The third-order valence-electron chi connectivity index (χ3n) is 3.37. The molecule has 0 aliphatic heterocycles. The van der Waals surface area contributed by atoms with Gasteiger partial charge in [0.15, 0.2) is 0 Å². The van der Waals surface area contributed by atoms with E-state index in [4.69, 9.17) is 17.3 Å². The molecule has 0 saturated carbocycles. The summed E-state index contributed by atoms with van der Waals surface area (Å²) in [7, 11) is 0. The standard InChI is InChI=1S/C16H13ClFNS/c17-12-5-3-6-13(18)16(12)14(19)8-10-9-20-15-7-2-1-4-11(10)15/h1-7,9,14H,8,19H2. The summed E-state index contributed by atoms with van der Waals surface area (Å²) in [5.41, 5.74) is 7.69. The number of thiophene rings is 1. The fourth-order valence-corrected chi connectivity index (χ4v) is 3.67.